The maximum absolute atomic E-state index is 12.2. The summed E-state index contributed by atoms with van der Waals surface area (Å²) in [4.78, 5) is 34.2. The van der Waals surface area contributed by atoms with Crippen molar-refractivity contribution in [2.24, 2.45) is 23.7 Å². The highest BCUT2D eigenvalue weighted by Gasteiger charge is 2.47. The van der Waals surface area contributed by atoms with Crippen LogP contribution in [0.25, 0.3) is 0 Å². The molecule has 5 nitrogen and oxygen atoms in total. The number of hydrogen-bond acceptors (Lipinski definition) is 4. The summed E-state index contributed by atoms with van der Waals surface area (Å²) >= 11 is 0. The van der Waals surface area contributed by atoms with Crippen molar-refractivity contribution in [3.8, 4) is 0 Å². The molecular formula is C15H18O5. The number of carbonyl (C=O) groups is 3. The number of fused-ring (bicyclic) bond motifs is 1. The number of aldehydes is 1. The molecule has 0 heterocycles. The lowest BCUT2D eigenvalue weighted by Crippen LogP contribution is -2.47. The van der Waals surface area contributed by atoms with E-state index in [1.807, 2.05) is 6.92 Å². The predicted molar refractivity (Wildman–Crippen MR) is 70.8 cm³/mol. The molecule has 0 amide bonds. The number of carbonyl (C=O) groups excluding carboxylic acids is 2. The van der Waals surface area contributed by atoms with Crippen LogP contribution in [0.15, 0.2) is 23.8 Å². The van der Waals surface area contributed by atoms with E-state index in [0.717, 1.165) is 0 Å². The van der Waals surface area contributed by atoms with Crippen LogP contribution < -0.4 is 0 Å². The third-order valence-electron chi connectivity index (χ3n) is 4.45. The Kier molecular flexibility index (Phi) is 3.90. The highest BCUT2D eigenvalue weighted by Crippen LogP contribution is 2.46. The van der Waals surface area contributed by atoms with Crippen molar-refractivity contribution in [3.05, 3.63) is 23.8 Å². The lowest BCUT2D eigenvalue weighted by Gasteiger charge is -2.44. The fourth-order valence-corrected chi connectivity index (χ4v) is 3.59. The Hall–Kier alpha value is -1.75. The van der Waals surface area contributed by atoms with Crippen LogP contribution in [0.3, 0.4) is 0 Å². The molecule has 2 aliphatic carbocycles. The Morgan fingerprint density at radius 2 is 2.10 bits per heavy atom. The van der Waals surface area contributed by atoms with E-state index in [9.17, 15) is 19.5 Å². The molecule has 2 rings (SSSR count). The number of rotatable bonds is 3. The van der Waals surface area contributed by atoms with Crippen molar-refractivity contribution in [1.29, 1.82) is 0 Å². The van der Waals surface area contributed by atoms with Crippen LogP contribution in [0.2, 0.25) is 0 Å². The van der Waals surface area contributed by atoms with E-state index in [4.69, 9.17) is 5.11 Å². The van der Waals surface area contributed by atoms with E-state index in [0.29, 0.717) is 6.29 Å². The summed E-state index contributed by atoms with van der Waals surface area (Å²) in [5, 5.41) is 19.3. The third kappa shape index (κ3) is 2.33. The molecule has 1 saturated carbocycles. The average molecular weight is 278 g/mol. The van der Waals surface area contributed by atoms with Crippen molar-refractivity contribution in [2.45, 2.75) is 25.9 Å². The number of hydrogen-bond donors (Lipinski definition) is 2. The molecule has 0 saturated heterocycles. The number of carboxylic acids is 1. The Labute approximate surface area is 117 Å². The molecule has 20 heavy (non-hydrogen) atoms. The lowest BCUT2D eigenvalue weighted by atomic mass is 9.60. The molecule has 1 fully saturated rings. The first-order chi connectivity index (χ1) is 9.36. The van der Waals surface area contributed by atoms with Crippen LogP contribution in [0, 0.1) is 23.7 Å². The van der Waals surface area contributed by atoms with Gasteiger partial charge in [0.2, 0.25) is 0 Å². The Morgan fingerprint density at radius 3 is 2.65 bits per heavy atom. The SMILES string of the molecule is C=C(C=O)[C@@H]1C(=O)C[C@H](C)[C@@H]2[C@@H]1C=C(C(=O)O)C[C@@H]2O. The fraction of sp³-hybridized carbons (Fsp3) is 0.533. The van der Waals surface area contributed by atoms with Gasteiger partial charge in [-0.05, 0) is 23.3 Å². The van der Waals surface area contributed by atoms with Crippen LogP contribution in [0.4, 0.5) is 0 Å². The summed E-state index contributed by atoms with van der Waals surface area (Å²) in [5.41, 5.74) is 0.260. The quantitative estimate of drug-likeness (QED) is 0.593. The number of aliphatic carboxylic acids is 1. The first-order valence-electron chi connectivity index (χ1n) is 6.65. The summed E-state index contributed by atoms with van der Waals surface area (Å²) in [5.74, 6) is -2.62. The second-order valence-corrected chi connectivity index (χ2v) is 5.74. The molecule has 0 unspecified atom stereocenters. The van der Waals surface area contributed by atoms with Gasteiger partial charge < -0.3 is 10.2 Å². The van der Waals surface area contributed by atoms with Crippen molar-refractivity contribution >= 4 is 18.0 Å². The van der Waals surface area contributed by atoms with E-state index < -0.39 is 23.9 Å². The monoisotopic (exact) mass is 278 g/mol. The second kappa shape index (κ2) is 5.32. The maximum atomic E-state index is 12.2. The summed E-state index contributed by atoms with van der Waals surface area (Å²) in [6, 6.07) is 0. The standard InChI is InChI=1S/C15H18O5/c1-7-3-11(17)14(8(2)6-16)10-4-9(15(19)20)5-12(18)13(7)10/h4,6-7,10,12-14,18H,2-3,5H2,1H3,(H,19,20)/t7-,10-,12-,13+,14-/m0/s1. The van der Waals surface area contributed by atoms with Gasteiger partial charge in [-0.25, -0.2) is 4.79 Å². The summed E-state index contributed by atoms with van der Waals surface area (Å²) in [6.45, 7) is 5.48. The lowest BCUT2D eigenvalue weighted by molar-refractivity contribution is -0.136. The minimum Gasteiger partial charge on any atom is -0.478 e. The van der Waals surface area contributed by atoms with Gasteiger partial charge in [-0.3, -0.25) is 9.59 Å². The van der Waals surface area contributed by atoms with Gasteiger partial charge in [-0.2, -0.15) is 0 Å². The van der Waals surface area contributed by atoms with E-state index in [2.05, 4.69) is 6.58 Å². The normalized spacial score (nSPS) is 36.8. The Morgan fingerprint density at radius 1 is 1.45 bits per heavy atom. The van der Waals surface area contributed by atoms with Crippen LogP contribution in [0.5, 0.6) is 0 Å². The van der Waals surface area contributed by atoms with Crippen LogP contribution in [0.1, 0.15) is 19.8 Å². The van der Waals surface area contributed by atoms with Gasteiger partial charge in [0.1, 0.15) is 12.1 Å². The number of aliphatic hydroxyl groups is 1. The molecule has 0 aliphatic heterocycles. The molecule has 0 aromatic rings. The van der Waals surface area contributed by atoms with Crippen molar-refractivity contribution < 1.29 is 24.6 Å². The van der Waals surface area contributed by atoms with Gasteiger partial charge in [0, 0.05) is 18.4 Å². The van der Waals surface area contributed by atoms with Gasteiger partial charge in [-0.1, -0.05) is 19.6 Å². The molecule has 0 radical (unpaired) electrons. The summed E-state index contributed by atoms with van der Waals surface area (Å²) in [6.07, 6.45) is 1.64. The zero-order valence-electron chi connectivity index (χ0n) is 11.3. The van der Waals surface area contributed by atoms with Crippen LogP contribution >= 0.6 is 0 Å². The minimum absolute atomic E-state index is 0.0372. The van der Waals surface area contributed by atoms with Crippen LogP contribution in [-0.2, 0) is 14.4 Å². The molecule has 108 valence electrons. The van der Waals surface area contributed by atoms with Crippen LogP contribution in [-0.4, -0.2) is 34.4 Å². The average Bonchev–Trinajstić information content (AvgIpc) is 2.36. The number of Topliss-reactive ketones (excluding diaryl/α,β-unsaturated/α-hetero) is 1. The highest BCUT2D eigenvalue weighted by molar-refractivity contribution is 5.93. The smallest absolute Gasteiger partial charge is 0.331 e. The molecule has 5 atom stereocenters. The Balaban J connectivity index is 2.47. The van der Waals surface area contributed by atoms with Crippen molar-refractivity contribution in [2.75, 3.05) is 0 Å². The Bertz CT molecular complexity index is 504. The largest absolute Gasteiger partial charge is 0.478 e. The van der Waals surface area contributed by atoms with E-state index in [1.165, 1.54) is 6.08 Å². The minimum atomic E-state index is -1.09. The van der Waals surface area contributed by atoms with Gasteiger partial charge >= 0.3 is 5.97 Å². The van der Waals surface area contributed by atoms with Gasteiger partial charge in [0.25, 0.3) is 0 Å². The third-order valence-corrected chi connectivity index (χ3v) is 4.45. The predicted octanol–water partition coefficient (Wildman–Crippen LogP) is 0.975. The van der Waals surface area contributed by atoms with Gasteiger partial charge in [0.05, 0.1) is 12.0 Å². The molecule has 2 N–H and O–H groups in total. The number of aliphatic hydroxyl groups excluding tert-OH is 1. The van der Waals surface area contributed by atoms with Gasteiger partial charge in [-0.15, -0.1) is 0 Å². The molecule has 0 aromatic carbocycles. The molecule has 5 heteroatoms. The van der Waals surface area contributed by atoms with E-state index in [-0.39, 0.29) is 41.6 Å². The fourth-order valence-electron chi connectivity index (χ4n) is 3.59. The van der Waals surface area contributed by atoms with Gasteiger partial charge in [0.15, 0.2) is 0 Å². The zero-order valence-corrected chi connectivity index (χ0v) is 11.3. The number of carboxylic acid groups (broad SMARTS) is 1. The maximum Gasteiger partial charge on any atom is 0.331 e. The highest BCUT2D eigenvalue weighted by atomic mass is 16.4. The molecule has 0 aromatic heterocycles. The number of ketones is 1. The molecular weight excluding hydrogens is 260 g/mol. The topological polar surface area (TPSA) is 91.7 Å². The van der Waals surface area contributed by atoms with Crippen molar-refractivity contribution in [1.82, 2.24) is 0 Å². The second-order valence-electron chi connectivity index (χ2n) is 5.74. The van der Waals surface area contributed by atoms with E-state index in [1.54, 1.807) is 0 Å². The number of allylic oxidation sites excluding steroid dienone is 2. The summed E-state index contributed by atoms with van der Waals surface area (Å²) < 4.78 is 0. The molecule has 0 spiro atoms. The summed E-state index contributed by atoms with van der Waals surface area (Å²) in [7, 11) is 0. The first kappa shape index (κ1) is 14.7. The zero-order chi connectivity index (χ0) is 15.0. The van der Waals surface area contributed by atoms with E-state index >= 15 is 0 Å². The molecule has 0 bridgehead atoms. The first-order valence-corrected chi connectivity index (χ1v) is 6.65. The van der Waals surface area contributed by atoms with Crippen molar-refractivity contribution in [3.63, 3.8) is 0 Å². The molecule has 2 aliphatic rings.